The number of rotatable bonds is 5. The molecule has 0 fully saturated rings. The van der Waals surface area contributed by atoms with Gasteiger partial charge in [0, 0.05) is 12.1 Å². The van der Waals surface area contributed by atoms with Crippen molar-refractivity contribution in [1.82, 2.24) is 4.90 Å². The summed E-state index contributed by atoms with van der Waals surface area (Å²) in [5.41, 5.74) is 7.21. The molecule has 0 aromatic heterocycles. The van der Waals surface area contributed by atoms with Crippen LogP contribution in [0.15, 0.2) is 24.3 Å². The van der Waals surface area contributed by atoms with Gasteiger partial charge in [0.1, 0.15) is 5.75 Å². The van der Waals surface area contributed by atoms with Gasteiger partial charge in [-0.25, -0.2) is 0 Å². The van der Waals surface area contributed by atoms with Crippen LogP contribution in [0.25, 0.3) is 0 Å². The molecule has 0 radical (unpaired) electrons. The average Bonchev–Trinajstić information content (AvgIpc) is 2.17. The minimum atomic E-state index is 0.0897. The molecule has 0 aliphatic carbocycles. The van der Waals surface area contributed by atoms with Crippen molar-refractivity contribution in [2.45, 2.75) is 25.9 Å². The van der Waals surface area contributed by atoms with Gasteiger partial charge in [0.05, 0.1) is 6.61 Å². The van der Waals surface area contributed by atoms with Gasteiger partial charge in [-0.3, -0.25) is 0 Å². The number of hydrogen-bond acceptors (Lipinski definition) is 3. The van der Waals surface area contributed by atoms with Crippen LogP contribution in [-0.4, -0.2) is 31.6 Å². The zero-order valence-electron chi connectivity index (χ0n) is 10.6. The molecule has 2 atom stereocenters. The lowest BCUT2D eigenvalue weighted by Gasteiger charge is -2.28. The van der Waals surface area contributed by atoms with Gasteiger partial charge >= 0.3 is 0 Å². The normalized spacial score (nSPS) is 14.9. The molecule has 3 nitrogen and oxygen atoms in total. The maximum absolute atomic E-state index is 6.01. The summed E-state index contributed by atoms with van der Waals surface area (Å²) in [7, 11) is 4.09. The fraction of sp³-hybridized carbons (Fsp3) is 0.538. The maximum atomic E-state index is 6.01. The molecule has 0 saturated carbocycles. The lowest BCUT2D eigenvalue weighted by atomic mass is 10.00. The summed E-state index contributed by atoms with van der Waals surface area (Å²) in [6.45, 7) is 4.70. The van der Waals surface area contributed by atoms with Crippen molar-refractivity contribution >= 4 is 0 Å². The Bertz CT molecular complexity index is 315. The predicted molar refractivity (Wildman–Crippen MR) is 67.7 cm³/mol. The van der Waals surface area contributed by atoms with Crippen LogP contribution in [0.1, 0.15) is 25.5 Å². The van der Waals surface area contributed by atoms with Crippen LogP contribution in [0.4, 0.5) is 0 Å². The zero-order chi connectivity index (χ0) is 12.1. The average molecular weight is 222 g/mol. The van der Waals surface area contributed by atoms with Crippen molar-refractivity contribution < 1.29 is 4.74 Å². The van der Waals surface area contributed by atoms with Crippen LogP contribution in [0, 0.1) is 0 Å². The van der Waals surface area contributed by atoms with E-state index < -0.39 is 0 Å². The fourth-order valence-electron chi connectivity index (χ4n) is 2.03. The molecule has 0 bridgehead atoms. The highest BCUT2D eigenvalue weighted by Gasteiger charge is 2.18. The zero-order valence-corrected chi connectivity index (χ0v) is 10.6. The summed E-state index contributed by atoms with van der Waals surface area (Å²) in [6, 6.07) is 8.46. The van der Waals surface area contributed by atoms with Crippen LogP contribution < -0.4 is 10.5 Å². The molecule has 1 aromatic rings. The summed E-state index contributed by atoms with van der Waals surface area (Å²) in [6.07, 6.45) is 0. The molecule has 3 heteroatoms. The second-order valence-corrected chi connectivity index (χ2v) is 4.27. The highest BCUT2D eigenvalue weighted by molar-refractivity contribution is 5.31. The van der Waals surface area contributed by atoms with Crippen LogP contribution in [0.5, 0.6) is 5.75 Å². The monoisotopic (exact) mass is 222 g/mol. The third-order valence-electron chi connectivity index (χ3n) is 2.56. The van der Waals surface area contributed by atoms with Crippen LogP contribution in [0.2, 0.25) is 0 Å². The fourth-order valence-corrected chi connectivity index (χ4v) is 2.03. The SMILES string of the molecule is CCOc1cccc(C(C(C)N)N(C)C)c1. The lowest BCUT2D eigenvalue weighted by molar-refractivity contribution is 0.264. The van der Waals surface area contributed by atoms with Gasteiger partial charge in [0.25, 0.3) is 0 Å². The standard InChI is InChI=1S/C13H22N2O/c1-5-16-12-8-6-7-11(9-12)13(10(2)14)15(3)4/h6-10,13H,5,14H2,1-4H3. The van der Waals surface area contributed by atoms with Gasteiger partial charge in [-0.05, 0) is 45.6 Å². The molecule has 1 aromatic carbocycles. The number of likely N-dealkylation sites (N-methyl/N-ethyl adjacent to an activating group) is 1. The first-order chi connectivity index (χ1) is 7.56. The summed E-state index contributed by atoms with van der Waals surface area (Å²) in [5, 5.41) is 0. The van der Waals surface area contributed by atoms with Crippen molar-refractivity contribution in [3.05, 3.63) is 29.8 Å². The number of nitrogens with two attached hydrogens (primary N) is 1. The highest BCUT2D eigenvalue weighted by atomic mass is 16.5. The van der Waals surface area contributed by atoms with Crippen molar-refractivity contribution in [1.29, 1.82) is 0 Å². The molecule has 16 heavy (non-hydrogen) atoms. The number of hydrogen-bond donors (Lipinski definition) is 1. The minimum absolute atomic E-state index is 0.0897. The second-order valence-electron chi connectivity index (χ2n) is 4.27. The van der Waals surface area contributed by atoms with Crippen molar-refractivity contribution in [2.24, 2.45) is 5.73 Å². The molecule has 0 saturated heterocycles. The third-order valence-corrected chi connectivity index (χ3v) is 2.56. The predicted octanol–water partition coefficient (Wildman–Crippen LogP) is 2.04. The van der Waals surface area contributed by atoms with E-state index in [2.05, 4.69) is 17.0 Å². The van der Waals surface area contributed by atoms with Crippen LogP contribution in [0.3, 0.4) is 0 Å². The Kier molecular flexibility index (Phi) is 4.77. The minimum Gasteiger partial charge on any atom is -0.494 e. The molecule has 0 heterocycles. The molecule has 90 valence electrons. The van der Waals surface area contributed by atoms with E-state index in [0.29, 0.717) is 6.61 Å². The molecule has 0 aliphatic heterocycles. The van der Waals surface area contributed by atoms with E-state index in [-0.39, 0.29) is 12.1 Å². The van der Waals surface area contributed by atoms with Gasteiger partial charge in [0.2, 0.25) is 0 Å². The van der Waals surface area contributed by atoms with E-state index in [4.69, 9.17) is 10.5 Å². The van der Waals surface area contributed by atoms with Gasteiger partial charge in [-0.1, -0.05) is 12.1 Å². The molecule has 1 rings (SSSR count). The van der Waals surface area contributed by atoms with Gasteiger partial charge in [0.15, 0.2) is 0 Å². The van der Waals surface area contributed by atoms with Crippen molar-refractivity contribution in [3.63, 3.8) is 0 Å². The number of benzene rings is 1. The molecular formula is C13H22N2O. The van der Waals surface area contributed by atoms with Crippen LogP contribution >= 0.6 is 0 Å². The van der Waals surface area contributed by atoms with E-state index in [0.717, 1.165) is 5.75 Å². The Balaban J connectivity index is 2.95. The molecular weight excluding hydrogens is 200 g/mol. The maximum Gasteiger partial charge on any atom is 0.119 e. The van der Waals surface area contributed by atoms with Crippen LogP contribution in [-0.2, 0) is 0 Å². The van der Waals surface area contributed by atoms with E-state index in [1.165, 1.54) is 5.56 Å². The Morgan fingerprint density at radius 1 is 1.38 bits per heavy atom. The first-order valence-electron chi connectivity index (χ1n) is 5.71. The third kappa shape index (κ3) is 3.22. The number of nitrogens with zero attached hydrogens (tertiary/aromatic N) is 1. The van der Waals surface area contributed by atoms with Crippen molar-refractivity contribution in [3.8, 4) is 5.75 Å². The quantitative estimate of drug-likeness (QED) is 0.828. The van der Waals surface area contributed by atoms with Crippen molar-refractivity contribution in [2.75, 3.05) is 20.7 Å². The summed E-state index contributed by atoms with van der Waals surface area (Å²) in [4.78, 5) is 2.13. The number of ether oxygens (including phenoxy) is 1. The van der Waals surface area contributed by atoms with E-state index in [1.54, 1.807) is 0 Å². The Morgan fingerprint density at radius 2 is 2.06 bits per heavy atom. The highest BCUT2D eigenvalue weighted by Crippen LogP contribution is 2.24. The molecule has 0 amide bonds. The Labute approximate surface area is 98.2 Å². The Hall–Kier alpha value is -1.06. The summed E-state index contributed by atoms with van der Waals surface area (Å²) in [5.74, 6) is 0.910. The Morgan fingerprint density at radius 3 is 2.56 bits per heavy atom. The lowest BCUT2D eigenvalue weighted by Crippen LogP contribution is -2.35. The van der Waals surface area contributed by atoms with Gasteiger partial charge in [-0.2, -0.15) is 0 Å². The molecule has 0 spiro atoms. The largest absolute Gasteiger partial charge is 0.494 e. The van der Waals surface area contributed by atoms with Gasteiger partial charge < -0.3 is 15.4 Å². The first-order valence-corrected chi connectivity index (χ1v) is 5.71. The van der Waals surface area contributed by atoms with E-state index >= 15 is 0 Å². The van der Waals surface area contributed by atoms with E-state index in [9.17, 15) is 0 Å². The first kappa shape index (κ1) is 13.0. The van der Waals surface area contributed by atoms with E-state index in [1.807, 2.05) is 40.1 Å². The molecule has 2 N–H and O–H groups in total. The topological polar surface area (TPSA) is 38.5 Å². The molecule has 0 aliphatic rings. The summed E-state index contributed by atoms with van der Waals surface area (Å²) < 4.78 is 5.50. The molecule has 2 unspecified atom stereocenters. The summed E-state index contributed by atoms with van der Waals surface area (Å²) >= 11 is 0. The second kappa shape index (κ2) is 5.87. The smallest absolute Gasteiger partial charge is 0.119 e. The van der Waals surface area contributed by atoms with Gasteiger partial charge in [-0.15, -0.1) is 0 Å².